The number of carbonyl (C=O) groups is 2. The van der Waals surface area contributed by atoms with Crippen LogP contribution in [-0.4, -0.2) is 49.5 Å². The number of hydrogen-bond donors (Lipinski definition) is 1. The van der Waals surface area contributed by atoms with Crippen LogP contribution in [0.25, 0.3) is 0 Å². The van der Waals surface area contributed by atoms with E-state index in [0.717, 1.165) is 27.3 Å². The van der Waals surface area contributed by atoms with Gasteiger partial charge in [0.05, 0.1) is 11.9 Å². The van der Waals surface area contributed by atoms with E-state index in [1.165, 1.54) is 4.90 Å². The number of nitrogens with one attached hydrogen (secondary N) is 1. The van der Waals surface area contributed by atoms with Crippen LogP contribution in [0.1, 0.15) is 37.5 Å². The zero-order chi connectivity index (χ0) is 28.8. The van der Waals surface area contributed by atoms with Gasteiger partial charge in [-0.3, -0.25) is 13.9 Å². The van der Waals surface area contributed by atoms with Gasteiger partial charge in [0.1, 0.15) is 12.6 Å². The maximum Gasteiger partial charge on any atom is 0.244 e. The first-order chi connectivity index (χ1) is 18.2. The van der Waals surface area contributed by atoms with E-state index in [2.05, 4.69) is 21.2 Å². The summed E-state index contributed by atoms with van der Waals surface area (Å²) in [5.41, 5.74) is 2.56. The van der Waals surface area contributed by atoms with Crippen LogP contribution in [0.2, 0.25) is 0 Å². The third-order valence-electron chi connectivity index (χ3n) is 6.15. The summed E-state index contributed by atoms with van der Waals surface area (Å²) in [6.07, 6.45) is 1.34. The van der Waals surface area contributed by atoms with Gasteiger partial charge >= 0.3 is 0 Å². The predicted octanol–water partition coefficient (Wildman–Crippen LogP) is 5.08. The Hall–Kier alpha value is -3.17. The summed E-state index contributed by atoms with van der Waals surface area (Å²) in [5.74, 6) is -0.782. The van der Waals surface area contributed by atoms with Gasteiger partial charge in [0.2, 0.25) is 21.8 Å². The lowest BCUT2D eigenvalue weighted by Gasteiger charge is -2.35. The fourth-order valence-electron chi connectivity index (χ4n) is 4.22. The molecule has 9 heteroatoms. The van der Waals surface area contributed by atoms with Crippen LogP contribution in [0.3, 0.4) is 0 Å². The highest BCUT2D eigenvalue weighted by atomic mass is 79.9. The number of anilines is 1. The van der Waals surface area contributed by atoms with Crippen molar-refractivity contribution in [1.82, 2.24) is 10.2 Å². The van der Waals surface area contributed by atoms with E-state index in [-0.39, 0.29) is 18.9 Å². The highest BCUT2D eigenvalue weighted by molar-refractivity contribution is 9.10. The van der Waals surface area contributed by atoms with Crippen molar-refractivity contribution in [3.63, 3.8) is 0 Å². The van der Waals surface area contributed by atoms with Gasteiger partial charge in [0, 0.05) is 23.0 Å². The first-order valence-corrected chi connectivity index (χ1v) is 15.3. The zero-order valence-corrected chi connectivity index (χ0v) is 25.4. The Morgan fingerprint density at radius 1 is 0.949 bits per heavy atom. The Morgan fingerprint density at radius 2 is 1.59 bits per heavy atom. The van der Waals surface area contributed by atoms with Crippen LogP contribution in [-0.2, 0) is 32.6 Å². The van der Waals surface area contributed by atoms with Crippen molar-refractivity contribution in [2.45, 2.75) is 52.2 Å². The maximum atomic E-state index is 14.1. The van der Waals surface area contributed by atoms with Gasteiger partial charge in [-0.25, -0.2) is 8.42 Å². The molecule has 7 nitrogen and oxygen atoms in total. The van der Waals surface area contributed by atoms with Gasteiger partial charge in [-0.05, 0) is 62.6 Å². The fourth-order valence-corrected chi connectivity index (χ4v) is 5.45. The quantitative estimate of drug-likeness (QED) is 0.345. The van der Waals surface area contributed by atoms with E-state index in [0.29, 0.717) is 10.2 Å². The highest BCUT2D eigenvalue weighted by Crippen LogP contribution is 2.24. The Kier molecular flexibility index (Phi) is 9.96. The molecule has 208 valence electrons. The van der Waals surface area contributed by atoms with Gasteiger partial charge < -0.3 is 10.2 Å². The Balaban J connectivity index is 2.09. The van der Waals surface area contributed by atoms with E-state index in [4.69, 9.17) is 0 Å². The van der Waals surface area contributed by atoms with E-state index in [1.807, 2.05) is 82.3 Å². The molecule has 0 aliphatic rings. The van der Waals surface area contributed by atoms with Gasteiger partial charge in [-0.15, -0.1) is 0 Å². The fraction of sp³-hybridized carbons (Fsp3) is 0.333. The Morgan fingerprint density at radius 3 is 2.18 bits per heavy atom. The average molecular weight is 615 g/mol. The Labute approximate surface area is 240 Å². The summed E-state index contributed by atoms with van der Waals surface area (Å²) < 4.78 is 27.5. The minimum atomic E-state index is -3.81. The lowest BCUT2D eigenvalue weighted by Crippen LogP contribution is -2.56. The summed E-state index contributed by atoms with van der Waals surface area (Å²) in [6, 6.07) is 23.1. The van der Waals surface area contributed by atoms with Crippen molar-refractivity contribution >= 4 is 43.5 Å². The van der Waals surface area contributed by atoms with Crippen LogP contribution >= 0.6 is 15.9 Å². The second-order valence-corrected chi connectivity index (χ2v) is 13.5. The maximum absolute atomic E-state index is 14.1. The van der Waals surface area contributed by atoms with Gasteiger partial charge in [-0.1, -0.05) is 76.6 Å². The van der Waals surface area contributed by atoms with Gasteiger partial charge in [0.15, 0.2) is 0 Å². The molecular formula is C30H36BrN3O4S. The normalized spacial score (nSPS) is 12.5. The lowest BCUT2D eigenvalue weighted by molar-refractivity contribution is -0.140. The third-order valence-corrected chi connectivity index (χ3v) is 7.78. The van der Waals surface area contributed by atoms with Gasteiger partial charge in [0.25, 0.3) is 0 Å². The highest BCUT2D eigenvalue weighted by Gasteiger charge is 2.34. The summed E-state index contributed by atoms with van der Waals surface area (Å²) in [5, 5.41) is 3.03. The van der Waals surface area contributed by atoms with Crippen LogP contribution in [0.5, 0.6) is 0 Å². The minimum Gasteiger partial charge on any atom is -0.350 e. The number of halogens is 1. The molecule has 0 aliphatic carbocycles. The monoisotopic (exact) mass is 613 g/mol. The van der Waals surface area contributed by atoms with Crippen LogP contribution in [0.4, 0.5) is 5.69 Å². The molecule has 0 aromatic heterocycles. The van der Waals surface area contributed by atoms with E-state index in [1.54, 1.807) is 24.3 Å². The first-order valence-electron chi connectivity index (χ1n) is 12.7. The SMILES string of the molecule is Cc1ccccc1CN(C(=O)CN(c1cccc(Br)c1)S(C)(=O)=O)[C@H](Cc1ccccc1)C(=O)NC(C)(C)C. The second-order valence-electron chi connectivity index (χ2n) is 10.6. The molecule has 0 heterocycles. The summed E-state index contributed by atoms with van der Waals surface area (Å²) in [4.78, 5) is 29.3. The standard InChI is InChI=1S/C30H36BrN3O4S/c1-22-12-9-10-15-24(22)20-33(27(29(36)32-30(2,3)4)18-23-13-7-6-8-14-23)28(35)21-34(39(5,37)38)26-17-11-16-25(31)19-26/h6-17,19,27H,18,20-21H2,1-5H3,(H,32,36)/t27-/m1/s1. The van der Waals surface area contributed by atoms with Crippen LogP contribution in [0, 0.1) is 6.92 Å². The minimum absolute atomic E-state index is 0.149. The molecule has 1 N–H and O–H groups in total. The Bertz CT molecular complexity index is 1400. The largest absolute Gasteiger partial charge is 0.350 e. The molecule has 0 saturated carbocycles. The number of amides is 2. The third kappa shape index (κ3) is 8.93. The average Bonchev–Trinajstić information content (AvgIpc) is 2.84. The number of benzene rings is 3. The molecule has 0 bridgehead atoms. The molecule has 3 rings (SSSR count). The van der Waals surface area contributed by atoms with E-state index >= 15 is 0 Å². The molecule has 3 aromatic carbocycles. The number of aryl methyl sites for hydroxylation is 1. The summed E-state index contributed by atoms with van der Waals surface area (Å²) in [7, 11) is -3.81. The molecule has 0 fully saturated rings. The smallest absolute Gasteiger partial charge is 0.244 e. The summed E-state index contributed by atoms with van der Waals surface area (Å²) in [6.45, 7) is 7.31. The second kappa shape index (κ2) is 12.8. The van der Waals surface area contributed by atoms with E-state index in [9.17, 15) is 18.0 Å². The van der Waals surface area contributed by atoms with Gasteiger partial charge in [-0.2, -0.15) is 0 Å². The summed E-state index contributed by atoms with van der Waals surface area (Å²) >= 11 is 3.38. The lowest BCUT2D eigenvalue weighted by atomic mass is 10.00. The van der Waals surface area contributed by atoms with Crippen molar-refractivity contribution < 1.29 is 18.0 Å². The van der Waals surface area contributed by atoms with E-state index < -0.39 is 34.1 Å². The number of carbonyl (C=O) groups excluding carboxylic acids is 2. The molecule has 0 unspecified atom stereocenters. The molecule has 3 aromatic rings. The molecule has 0 saturated heterocycles. The van der Waals surface area contributed by atoms with Crippen LogP contribution in [0.15, 0.2) is 83.3 Å². The number of rotatable bonds is 10. The molecular weight excluding hydrogens is 578 g/mol. The number of hydrogen-bond acceptors (Lipinski definition) is 4. The van der Waals surface area contributed by atoms with Crippen molar-refractivity contribution in [2.24, 2.45) is 0 Å². The molecule has 2 amide bonds. The van der Waals surface area contributed by atoms with Crippen molar-refractivity contribution in [1.29, 1.82) is 0 Å². The molecule has 0 spiro atoms. The van der Waals surface area contributed by atoms with Crippen molar-refractivity contribution in [3.8, 4) is 0 Å². The topological polar surface area (TPSA) is 86.8 Å². The number of sulfonamides is 1. The molecule has 1 atom stereocenters. The zero-order valence-electron chi connectivity index (χ0n) is 23.0. The predicted molar refractivity (Wildman–Crippen MR) is 160 cm³/mol. The molecule has 39 heavy (non-hydrogen) atoms. The number of nitrogens with zero attached hydrogens (tertiary/aromatic N) is 2. The first kappa shape index (κ1) is 30.4. The van der Waals surface area contributed by atoms with Crippen molar-refractivity contribution in [2.75, 3.05) is 17.1 Å². The molecule has 0 aliphatic heterocycles. The molecule has 0 radical (unpaired) electrons. The van der Waals surface area contributed by atoms with Crippen LogP contribution < -0.4 is 9.62 Å². The van der Waals surface area contributed by atoms with Crippen molar-refractivity contribution in [3.05, 3.63) is 100 Å².